The van der Waals surface area contributed by atoms with Crippen LogP contribution in [0.4, 0.5) is 5.69 Å². The van der Waals surface area contributed by atoms with E-state index < -0.39 is 11.8 Å². The topological polar surface area (TPSA) is 99.1 Å². The van der Waals surface area contributed by atoms with Crippen LogP contribution in [0.3, 0.4) is 0 Å². The zero-order valence-corrected chi connectivity index (χ0v) is 25.6. The summed E-state index contributed by atoms with van der Waals surface area (Å²) >= 11 is 7.63. The molecule has 1 atom stereocenters. The number of carbonyl (C=O) groups is 3. The first-order chi connectivity index (χ1) is 21.9. The second-order valence-corrected chi connectivity index (χ2v) is 11.5. The number of halogens is 1. The van der Waals surface area contributed by atoms with Crippen LogP contribution in [-0.4, -0.2) is 23.4 Å². The highest BCUT2D eigenvalue weighted by atomic mass is 35.5. The van der Waals surface area contributed by atoms with Gasteiger partial charge in [-0.25, -0.2) is 0 Å². The van der Waals surface area contributed by atoms with Crippen LogP contribution < -0.4 is 10.6 Å². The monoisotopic (exact) mass is 629 g/mol. The molecule has 0 aliphatic rings. The van der Waals surface area contributed by atoms with Gasteiger partial charge in [0.05, 0.1) is 22.4 Å². The number of hydrogen-bond acceptors (Lipinski definition) is 5. The third-order valence-electron chi connectivity index (χ3n) is 7.12. The molecule has 2 N–H and O–H groups in total. The minimum absolute atomic E-state index is 0.0782. The molecule has 45 heavy (non-hydrogen) atoms. The van der Waals surface area contributed by atoms with Gasteiger partial charge in [0.15, 0.2) is 5.78 Å². The Bertz CT molecular complexity index is 1920. The third-order valence-corrected chi connectivity index (χ3v) is 8.48. The van der Waals surface area contributed by atoms with Gasteiger partial charge in [-0.1, -0.05) is 120 Å². The number of amides is 2. The van der Waals surface area contributed by atoms with Crippen molar-refractivity contribution in [2.75, 3.05) is 11.1 Å². The van der Waals surface area contributed by atoms with E-state index in [9.17, 15) is 19.6 Å². The molecule has 0 radical (unpaired) electrons. The van der Waals surface area contributed by atoms with Crippen LogP contribution in [0.25, 0.3) is 10.8 Å². The van der Waals surface area contributed by atoms with Crippen LogP contribution in [0.1, 0.15) is 38.6 Å². The molecule has 6 nitrogen and oxygen atoms in total. The number of hydrogen-bond donors (Lipinski definition) is 2. The van der Waals surface area contributed by atoms with Crippen LogP contribution in [-0.2, 0) is 4.79 Å². The number of fused-ring (bicyclic) bond motifs is 1. The molecule has 222 valence electrons. The van der Waals surface area contributed by atoms with Crippen molar-refractivity contribution in [3.8, 4) is 6.07 Å². The lowest BCUT2D eigenvalue weighted by Gasteiger charge is -2.21. The summed E-state index contributed by atoms with van der Waals surface area (Å²) in [5.74, 6) is -1.87. The average molecular weight is 630 g/mol. The summed E-state index contributed by atoms with van der Waals surface area (Å²) in [6, 6.07) is 40.1. The smallest absolute Gasteiger partial charge is 0.256 e. The molecule has 2 amide bonds. The Balaban J connectivity index is 1.49. The van der Waals surface area contributed by atoms with Gasteiger partial charge in [0.2, 0.25) is 5.91 Å². The van der Waals surface area contributed by atoms with E-state index >= 15 is 0 Å². The number of rotatable bonds is 11. The highest BCUT2D eigenvalue weighted by Crippen LogP contribution is 2.37. The number of Topliss-reactive ketones (excluding diaryl/α,β-unsaturated/α-hetero) is 1. The molecule has 5 aromatic carbocycles. The summed E-state index contributed by atoms with van der Waals surface area (Å²) in [4.78, 5) is 40.0. The summed E-state index contributed by atoms with van der Waals surface area (Å²) in [5, 5.41) is 18.9. The van der Waals surface area contributed by atoms with Crippen molar-refractivity contribution in [2.24, 2.45) is 0 Å². The number of anilines is 1. The van der Waals surface area contributed by atoms with E-state index in [1.165, 1.54) is 0 Å². The fourth-order valence-corrected chi connectivity index (χ4v) is 6.01. The zero-order valence-electron chi connectivity index (χ0n) is 24.1. The maximum absolute atomic E-state index is 13.5. The fourth-order valence-electron chi connectivity index (χ4n) is 4.89. The van der Waals surface area contributed by atoms with Gasteiger partial charge in [-0.3, -0.25) is 14.4 Å². The van der Waals surface area contributed by atoms with E-state index in [2.05, 4.69) is 16.7 Å². The molecule has 5 aromatic rings. The number of nitriles is 1. The third kappa shape index (κ3) is 8.07. The Labute approximate surface area is 270 Å². The van der Waals surface area contributed by atoms with Gasteiger partial charge in [0.1, 0.15) is 0 Å². The Morgan fingerprint density at radius 2 is 1.38 bits per heavy atom. The lowest BCUT2D eigenvalue weighted by atomic mass is 9.86. The number of carbonyl (C=O) groups excluding carboxylic acids is 3. The van der Waals surface area contributed by atoms with Crippen molar-refractivity contribution in [1.29, 1.82) is 5.26 Å². The van der Waals surface area contributed by atoms with Crippen molar-refractivity contribution >= 4 is 57.4 Å². The van der Waals surface area contributed by atoms with Gasteiger partial charge < -0.3 is 10.6 Å². The van der Waals surface area contributed by atoms with Crippen LogP contribution in [0.5, 0.6) is 0 Å². The van der Waals surface area contributed by atoms with Crippen LogP contribution in [0.15, 0.2) is 138 Å². The number of nitrogens with zero attached hydrogens (tertiary/aromatic N) is 1. The quantitative estimate of drug-likeness (QED) is 0.113. The number of thioether (sulfide) groups is 1. The largest absolute Gasteiger partial charge is 0.325 e. The summed E-state index contributed by atoms with van der Waals surface area (Å²) in [7, 11) is 0. The van der Waals surface area contributed by atoms with Gasteiger partial charge in [0, 0.05) is 34.2 Å². The maximum atomic E-state index is 13.5. The van der Waals surface area contributed by atoms with Gasteiger partial charge in [-0.2, -0.15) is 5.26 Å². The molecule has 0 unspecified atom stereocenters. The highest BCUT2D eigenvalue weighted by Gasteiger charge is 2.28. The number of allylic oxidation sites excluding steroid dienone is 1. The highest BCUT2D eigenvalue weighted by molar-refractivity contribution is 8.03. The molecule has 0 heterocycles. The van der Waals surface area contributed by atoms with Gasteiger partial charge in [-0.05, 0) is 46.7 Å². The summed E-state index contributed by atoms with van der Waals surface area (Å²) in [6.45, 7) is 0. The molecule has 0 aliphatic carbocycles. The molecule has 0 aliphatic heterocycles. The summed E-state index contributed by atoms with van der Waals surface area (Å²) in [6.07, 6.45) is -0.0782. The Hall–Kier alpha value is -5.16. The average Bonchev–Trinajstić information content (AvgIpc) is 3.07. The van der Waals surface area contributed by atoms with Gasteiger partial charge in [0.25, 0.3) is 5.91 Å². The molecule has 8 heteroatoms. The Morgan fingerprint density at radius 1 is 0.756 bits per heavy atom. The molecule has 0 saturated heterocycles. The minimum Gasteiger partial charge on any atom is -0.325 e. The van der Waals surface area contributed by atoms with E-state index in [0.717, 1.165) is 22.5 Å². The first-order valence-electron chi connectivity index (χ1n) is 14.2. The lowest BCUT2D eigenvalue weighted by molar-refractivity contribution is -0.113. The Kier molecular flexibility index (Phi) is 10.4. The zero-order chi connectivity index (χ0) is 31.6. The van der Waals surface area contributed by atoms with Crippen molar-refractivity contribution in [3.05, 3.63) is 160 Å². The SMILES string of the molecule is N#C/C(=C(/NC(=O)c1ccccc1)SCC(=O)Nc1ccc2ccccc2c1)[C@@H](CC(=O)c1ccccc1)c1ccccc1Cl. The second kappa shape index (κ2) is 15.0. The maximum Gasteiger partial charge on any atom is 0.256 e. The summed E-state index contributed by atoms with van der Waals surface area (Å²) in [5.41, 5.74) is 2.18. The van der Waals surface area contributed by atoms with Crippen molar-refractivity contribution in [3.63, 3.8) is 0 Å². The predicted molar refractivity (Wildman–Crippen MR) is 181 cm³/mol. The van der Waals surface area contributed by atoms with Crippen LogP contribution >= 0.6 is 23.4 Å². The normalized spacial score (nSPS) is 12.0. The molecule has 0 spiro atoms. The molecule has 0 fully saturated rings. The number of nitrogens with one attached hydrogen (secondary N) is 2. The molecular formula is C37H28ClN3O3S. The Morgan fingerprint density at radius 3 is 2.07 bits per heavy atom. The van der Waals surface area contributed by atoms with Crippen molar-refractivity contribution in [1.82, 2.24) is 5.32 Å². The van der Waals surface area contributed by atoms with Gasteiger partial charge >= 0.3 is 0 Å². The van der Waals surface area contributed by atoms with Crippen LogP contribution in [0.2, 0.25) is 5.02 Å². The van der Waals surface area contributed by atoms with Gasteiger partial charge in [-0.15, -0.1) is 0 Å². The standard InChI is InChI=1S/C37H28ClN3O3S/c38-33-18-10-9-17-30(33)31(22-34(42)26-12-3-1-4-13-26)32(23-39)37(41-36(44)27-14-5-2-6-15-27)45-24-35(43)40-29-20-19-25-11-7-8-16-28(25)21-29/h1-21,31H,22,24H2,(H,40,43)(H,41,44)/b37-32+/t31-/m0/s1. The fraction of sp³-hybridized carbons (Fsp3) is 0.0811. The second-order valence-electron chi connectivity index (χ2n) is 10.1. The molecule has 5 rings (SSSR count). The lowest BCUT2D eigenvalue weighted by Crippen LogP contribution is -2.25. The van der Waals surface area contributed by atoms with E-state index in [1.807, 2.05) is 48.5 Å². The van der Waals surface area contributed by atoms with Crippen LogP contribution in [0, 0.1) is 11.3 Å². The molecule has 0 aromatic heterocycles. The van der Waals surface area contributed by atoms with Crippen molar-refractivity contribution in [2.45, 2.75) is 12.3 Å². The van der Waals surface area contributed by atoms with E-state index in [4.69, 9.17) is 11.6 Å². The molecular weight excluding hydrogens is 602 g/mol. The number of ketones is 1. The van der Waals surface area contributed by atoms with E-state index in [0.29, 0.717) is 27.4 Å². The number of benzene rings is 5. The first kappa shape index (κ1) is 31.3. The van der Waals surface area contributed by atoms with E-state index in [-0.39, 0.29) is 34.5 Å². The predicted octanol–water partition coefficient (Wildman–Crippen LogP) is 8.39. The van der Waals surface area contributed by atoms with E-state index in [1.54, 1.807) is 78.9 Å². The summed E-state index contributed by atoms with van der Waals surface area (Å²) < 4.78 is 0. The molecule has 0 bridgehead atoms. The van der Waals surface area contributed by atoms with Crippen molar-refractivity contribution < 1.29 is 14.4 Å². The first-order valence-corrected chi connectivity index (χ1v) is 15.5. The minimum atomic E-state index is -0.793. The molecule has 0 saturated carbocycles.